The predicted molar refractivity (Wildman–Crippen MR) is 76.9 cm³/mol. The molecule has 0 aromatic heterocycles. The first-order valence-electron chi connectivity index (χ1n) is 8.04. The van der Waals surface area contributed by atoms with Gasteiger partial charge in [0, 0.05) is 6.61 Å². The normalized spacial score (nSPS) is 25.7. The van der Waals surface area contributed by atoms with Gasteiger partial charge in [-0.2, -0.15) is 0 Å². The lowest BCUT2D eigenvalue weighted by molar-refractivity contribution is -0.172. The fraction of sp³-hybridized carbons (Fsp3) is 0.875. The molecule has 120 valence electrons. The lowest BCUT2D eigenvalue weighted by atomic mass is 9.70. The van der Waals surface area contributed by atoms with E-state index in [-0.39, 0.29) is 12.0 Å². The van der Waals surface area contributed by atoms with Crippen LogP contribution in [-0.4, -0.2) is 36.9 Å². The molecule has 0 spiro atoms. The van der Waals surface area contributed by atoms with E-state index in [0.29, 0.717) is 12.8 Å². The van der Waals surface area contributed by atoms with Crippen LogP contribution in [0, 0.1) is 11.3 Å². The Morgan fingerprint density at radius 3 is 2.48 bits per heavy atom. The van der Waals surface area contributed by atoms with E-state index >= 15 is 0 Å². The number of hydrogen-bond acceptors (Lipinski definition) is 4. The number of rotatable bonds is 7. The summed E-state index contributed by atoms with van der Waals surface area (Å²) in [5.74, 6) is -1.69. The molecule has 0 amide bonds. The molecule has 0 aromatic carbocycles. The summed E-state index contributed by atoms with van der Waals surface area (Å²) in [6.07, 6.45) is 7.86. The number of carboxylic acid groups (broad SMARTS) is 1. The second kappa shape index (κ2) is 7.25. The highest BCUT2D eigenvalue weighted by atomic mass is 16.5. The van der Waals surface area contributed by atoms with Crippen LogP contribution in [0.5, 0.6) is 0 Å². The van der Waals surface area contributed by atoms with Crippen LogP contribution in [0.2, 0.25) is 0 Å². The van der Waals surface area contributed by atoms with Gasteiger partial charge in [0.05, 0.1) is 13.2 Å². The van der Waals surface area contributed by atoms with Crippen molar-refractivity contribution in [2.45, 2.75) is 63.9 Å². The number of ether oxygens (including phenoxy) is 2. The molecule has 1 saturated heterocycles. The third-order valence-electron chi connectivity index (χ3n) is 5.10. The Morgan fingerprint density at radius 2 is 1.95 bits per heavy atom. The number of carbonyl (C=O) groups excluding carboxylic acids is 1. The fourth-order valence-electron chi connectivity index (χ4n) is 3.92. The zero-order chi connectivity index (χ0) is 15.3. The molecule has 0 bridgehead atoms. The lowest BCUT2D eigenvalue weighted by Gasteiger charge is -2.32. The molecule has 2 atom stereocenters. The van der Waals surface area contributed by atoms with Crippen molar-refractivity contribution < 1.29 is 24.2 Å². The van der Waals surface area contributed by atoms with E-state index in [4.69, 9.17) is 9.47 Å². The van der Waals surface area contributed by atoms with Crippen molar-refractivity contribution in [1.29, 1.82) is 0 Å². The van der Waals surface area contributed by atoms with Gasteiger partial charge in [0.2, 0.25) is 0 Å². The van der Waals surface area contributed by atoms with Crippen LogP contribution in [0.3, 0.4) is 0 Å². The Kier molecular flexibility index (Phi) is 5.62. The summed E-state index contributed by atoms with van der Waals surface area (Å²) < 4.78 is 10.4. The first kappa shape index (κ1) is 16.3. The highest BCUT2D eigenvalue weighted by Crippen LogP contribution is 2.45. The molecule has 2 rings (SSSR count). The maximum atomic E-state index is 12.3. The first-order valence-corrected chi connectivity index (χ1v) is 8.04. The molecule has 21 heavy (non-hydrogen) atoms. The van der Waals surface area contributed by atoms with Gasteiger partial charge in [-0.3, -0.25) is 9.59 Å². The Bertz CT molecular complexity index is 369. The summed E-state index contributed by atoms with van der Waals surface area (Å²) in [5, 5.41) is 9.75. The summed E-state index contributed by atoms with van der Waals surface area (Å²) in [7, 11) is 1.29. The van der Waals surface area contributed by atoms with Crippen molar-refractivity contribution in [3.8, 4) is 0 Å². The Labute approximate surface area is 126 Å². The molecular weight excluding hydrogens is 272 g/mol. The van der Waals surface area contributed by atoms with Gasteiger partial charge in [-0.1, -0.05) is 12.8 Å². The first-order chi connectivity index (χ1) is 10.1. The van der Waals surface area contributed by atoms with E-state index in [0.717, 1.165) is 51.6 Å². The molecule has 1 aliphatic carbocycles. The number of methoxy groups -OCH3 is 1. The van der Waals surface area contributed by atoms with Crippen LogP contribution in [0.25, 0.3) is 0 Å². The monoisotopic (exact) mass is 298 g/mol. The Morgan fingerprint density at radius 1 is 1.24 bits per heavy atom. The number of carbonyl (C=O) groups is 2. The number of aliphatic carboxylic acids is 1. The maximum absolute atomic E-state index is 12.3. The minimum absolute atomic E-state index is 0.0908. The zero-order valence-electron chi connectivity index (χ0n) is 12.8. The van der Waals surface area contributed by atoms with Gasteiger partial charge >= 0.3 is 11.9 Å². The van der Waals surface area contributed by atoms with Crippen LogP contribution in [0.4, 0.5) is 0 Å². The van der Waals surface area contributed by atoms with Crippen LogP contribution in [0.15, 0.2) is 0 Å². The molecule has 2 aliphatic rings. The number of hydrogen-bond donors (Lipinski definition) is 1. The topological polar surface area (TPSA) is 72.8 Å². The summed E-state index contributed by atoms with van der Waals surface area (Å²) >= 11 is 0. The highest BCUT2D eigenvalue weighted by molar-refractivity contribution is 5.99. The molecule has 0 aromatic rings. The van der Waals surface area contributed by atoms with E-state index in [2.05, 4.69) is 0 Å². The average Bonchev–Trinajstić information content (AvgIpc) is 3.15. The molecule has 2 unspecified atom stereocenters. The summed E-state index contributed by atoms with van der Waals surface area (Å²) in [4.78, 5) is 24.2. The zero-order valence-corrected chi connectivity index (χ0v) is 12.8. The van der Waals surface area contributed by atoms with Crippen LogP contribution < -0.4 is 0 Å². The van der Waals surface area contributed by atoms with Gasteiger partial charge < -0.3 is 14.6 Å². The third-order valence-corrected chi connectivity index (χ3v) is 5.10. The van der Waals surface area contributed by atoms with Crippen molar-refractivity contribution in [2.75, 3.05) is 13.7 Å². The lowest BCUT2D eigenvalue weighted by Crippen LogP contribution is -2.46. The van der Waals surface area contributed by atoms with Gasteiger partial charge in [0.1, 0.15) is 0 Å². The average molecular weight is 298 g/mol. The SMILES string of the molecule is COC(=O)C(CCCC1CCCO1)(C(=O)O)C1CCCC1. The Hall–Kier alpha value is -1.10. The van der Waals surface area contributed by atoms with Crippen molar-refractivity contribution in [2.24, 2.45) is 11.3 Å². The highest BCUT2D eigenvalue weighted by Gasteiger charge is 2.53. The van der Waals surface area contributed by atoms with Crippen molar-refractivity contribution in [3.63, 3.8) is 0 Å². The minimum Gasteiger partial charge on any atom is -0.480 e. The molecule has 5 heteroatoms. The fourth-order valence-corrected chi connectivity index (χ4v) is 3.92. The van der Waals surface area contributed by atoms with E-state index in [9.17, 15) is 14.7 Å². The van der Waals surface area contributed by atoms with Gasteiger partial charge in [-0.05, 0) is 50.9 Å². The van der Waals surface area contributed by atoms with E-state index in [1.165, 1.54) is 7.11 Å². The van der Waals surface area contributed by atoms with Gasteiger partial charge in [-0.25, -0.2) is 0 Å². The molecule has 1 heterocycles. The van der Waals surface area contributed by atoms with Crippen LogP contribution in [0.1, 0.15) is 57.8 Å². The van der Waals surface area contributed by atoms with Crippen LogP contribution in [-0.2, 0) is 19.1 Å². The van der Waals surface area contributed by atoms with Gasteiger partial charge in [0.15, 0.2) is 5.41 Å². The van der Waals surface area contributed by atoms with Crippen molar-refractivity contribution in [1.82, 2.24) is 0 Å². The second-order valence-corrected chi connectivity index (χ2v) is 6.28. The quantitative estimate of drug-likeness (QED) is 0.578. The van der Waals surface area contributed by atoms with Crippen molar-refractivity contribution in [3.05, 3.63) is 0 Å². The van der Waals surface area contributed by atoms with Crippen molar-refractivity contribution >= 4 is 11.9 Å². The molecule has 0 radical (unpaired) electrons. The van der Waals surface area contributed by atoms with E-state index in [1.807, 2.05) is 0 Å². The summed E-state index contributed by atoms with van der Waals surface area (Å²) in [6.45, 7) is 0.800. The van der Waals surface area contributed by atoms with Crippen LogP contribution >= 0.6 is 0 Å². The summed E-state index contributed by atoms with van der Waals surface area (Å²) in [6, 6.07) is 0. The largest absolute Gasteiger partial charge is 0.480 e. The number of esters is 1. The van der Waals surface area contributed by atoms with E-state index < -0.39 is 17.4 Å². The molecule has 1 N–H and O–H groups in total. The molecule has 1 aliphatic heterocycles. The number of carboxylic acids is 1. The molecular formula is C16H26O5. The van der Waals surface area contributed by atoms with Gasteiger partial charge in [0.25, 0.3) is 0 Å². The molecule has 5 nitrogen and oxygen atoms in total. The summed E-state index contributed by atoms with van der Waals surface area (Å²) in [5.41, 5.74) is -1.36. The Balaban J connectivity index is 2.05. The molecule has 1 saturated carbocycles. The molecule has 2 fully saturated rings. The van der Waals surface area contributed by atoms with Gasteiger partial charge in [-0.15, -0.1) is 0 Å². The predicted octanol–water partition coefficient (Wildman–Crippen LogP) is 2.77. The van der Waals surface area contributed by atoms with E-state index in [1.54, 1.807) is 0 Å². The third kappa shape index (κ3) is 3.39. The second-order valence-electron chi connectivity index (χ2n) is 6.28. The maximum Gasteiger partial charge on any atom is 0.323 e. The standard InChI is InChI=1S/C16H26O5/c1-20-15(19)16(14(17)18,12-6-2-3-7-12)10-4-8-13-9-5-11-21-13/h12-13H,2-11H2,1H3,(H,17,18). The minimum atomic E-state index is -1.36. The smallest absolute Gasteiger partial charge is 0.323 e.